The van der Waals surface area contributed by atoms with Crippen molar-refractivity contribution in [3.63, 3.8) is 0 Å². The molecule has 25 heavy (non-hydrogen) atoms. The summed E-state index contributed by atoms with van der Waals surface area (Å²) >= 11 is 0. The molecule has 5 nitrogen and oxygen atoms in total. The van der Waals surface area contributed by atoms with E-state index in [0.29, 0.717) is 13.2 Å². The fourth-order valence-corrected chi connectivity index (χ4v) is 3.16. The minimum absolute atomic E-state index is 0.0222. The van der Waals surface area contributed by atoms with Gasteiger partial charge >= 0.3 is 6.09 Å². The molecule has 1 atom stereocenters. The number of amides is 1. The summed E-state index contributed by atoms with van der Waals surface area (Å²) in [4.78, 5) is 14.3. The van der Waals surface area contributed by atoms with E-state index in [0.717, 1.165) is 30.8 Å². The van der Waals surface area contributed by atoms with Crippen molar-refractivity contribution < 1.29 is 14.3 Å². The molecule has 1 aromatic rings. The first-order valence-corrected chi connectivity index (χ1v) is 9.25. The van der Waals surface area contributed by atoms with E-state index >= 15 is 0 Å². The van der Waals surface area contributed by atoms with Crippen LogP contribution in [0.25, 0.3) is 0 Å². The lowest BCUT2D eigenvalue weighted by Gasteiger charge is -2.36. The second-order valence-electron chi connectivity index (χ2n) is 7.47. The van der Waals surface area contributed by atoms with Crippen molar-refractivity contribution in [2.75, 3.05) is 19.7 Å². The summed E-state index contributed by atoms with van der Waals surface area (Å²) in [7, 11) is 0. The second kappa shape index (κ2) is 8.09. The Bertz CT molecular complexity index is 608. The number of hydrogen-bond donors (Lipinski definition) is 1. The summed E-state index contributed by atoms with van der Waals surface area (Å²) in [5.74, 6) is 0.903. The van der Waals surface area contributed by atoms with Crippen LogP contribution in [0.3, 0.4) is 0 Å². The van der Waals surface area contributed by atoms with Gasteiger partial charge in [-0.2, -0.15) is 0 Å². The van der Waals surface area contributed by atoms with Crippen molar-refractivity contribution in [1.82, 2.24) is 10.2 Å². The number of nitrogens with one attached hydrogen (secondary N) is 1. The quantitative estimate of drug-likeness (QED) is 0.872. The lowest BCUT2D eigenvalue weighted by molar-refractivity contribution is 0.0159. The molecule has 0 saturated heterocycles. The van der Waals surface area contributed by atoms with Crippen LogP contribution < -0.4 is 10.1 Å². The van der Waals surface area contributed by atoms with Gasteiger partial charge in [-0.1, -0.05) is 13.0 Å². The van der Waals surface area contributed by atoms with Gasteiger partial charge in [0.2, 0.25) is 0 Å². The standard InChI is InChI=1S/C20H32N2O3/c1-7-21-13-16-11-15-9-10-22(19(23)25-20(4,5)6)14(3)17(15)12-18(16)24-8-2/h11-12,14,21H,7-10,13H2,1-6H3. The van der Waals surface area contributed by atoms with Crippen molar-refractivity contribution in [2.45, 2.75) is 66.2 Å². The van der Waals surface area contributed by atoms with Crippen molar-refractivity contribution in [3.8, 4) is 5.75 Å². The Morgan fingerprint density at radius 2 is 2.04 bits per heavy atom. The van der Waals surface area contributed by atoms with Crippen LogP contribution in [0.2, 0.25) is 0 Å². The number of ether oxygens (including phenoxy) is 2. The maximum absolute atomic E-state index is 12.5. The molecule has 1 heterocycles. The molecule has 1 N–H and O–H groups in total. The summed E-state index contributed by atoms with van der Waals surface area (Å²) < 4.78 is 11.4. The van der Waals surface area contributed by atoms with Crippen LogP contribution in [0.15, 0.2) is 12.1 Å². The van der Waals surface area contributed by atoms with Crippen molar-refractivity contribution >= 4 is 6.09 Å². The third-order valence-electron chi connectivity index (χ3n) is 4.36. The molecule has 0 radical (unpaired) electrons. The Hall–Kier alpha value is -1.75. The molecule has 140 valence electrons. The van der Waals surface area contributed by atoms with Gasteiger partial charge in [-0.05, 0) is 64.8 Å². The zero-order valence-corrected chi connectivity index (χ0v) is 16.4. The first-order chi connectivity index (χ1) is 11.8. The summed E-state index contributed by atoms with van der Waals surface area (Å²) in [6.45, 7) is 14.9. The van der Waals surface area contributed by atoms with Crippen molar-refractivity contribution in [3.05, 3.63) is 28.8 Å². The fraction of sp³-hybridized carbons (Fsp3) is 0.650. The maximum atomic E-state index is 12.5. The van der Waals surface area contributed by atoms with E-state index in [2.05, 4.69) is 31.3 Å². The molecule has 0 bridgehead atoms. The highest BCUT2D eigenvalue weighted by Gasteiger charge is 2.31. The van der Waals surface area contributed by atoms with Gasteiger partial charge in [0.05, 0.1) is 12.6 Å². The van der Waals surface area contributed by atoms with Crippen LogP contribution in [0.1, 0.15) is 64.3 Å². The molecule has 0 fully saturated rings. The van der Waals surface area contributed by atoms with E-state index in [1.54, 1.807) is 0 Å². The number of carbonyl (C=O) groups is 1. The molecule has 0 aliphatic carbocycles. The number of fused-ring (bicyclic) bond motifs is 1. The van der Waals surface area contributed by atoms with Gasteiger partial charge in [0.15, 0.2) is 0 Å². The minimum Gasteiger partial charge on any atom is -0.494 e. The number of hydrogen-bond acceptors (Lipinski definition) is 4. The highest BCUT2D eigenvalue weighted by molar-refractivity contribution is 5.69. The largest absolute Gasteiger partial charge is 0.494 e. The second-order valence-corrected chi connectivity index (χ2v) is 7.47. The number of benzene rings is 1. The lowest BCUT2D eigenvalue weighted by atomic mass is 9.91. The van der Waals surface area contributed by atoms with Gasteiger partial charge in [-0.15, -0.1) is 0 Å². The Balaban J connectivity index is 2.28. The first kappa shape index (κ1) is 19.6. The zero-order valence-electron chi connectivity index (χ0n) is 16.4. The van der Waals surface area contributed by atoms with E-state index in [1.807, 2.05) is 32.6 Å². The molecule has 1 aliphatic rings. The Labute approximate surface area is 151 Å². The minimum atomic E-state index is -0.483. The van der Waals surface area contributed by atoms with Gasteiger partial charge in [0, 0.05) is 18.7 Å². The average Bonchev–Trinajstić information content (AvgIpc) is 2.52. The molecule has 1 amide bonds. The molecule has 0 saturated carbocycles. The lowest BCUT2D eigenvalue weighted by Crippen LogP contribution is -2.42. The maximum Gasteiger partial charge on any atom is 0.410 e. The van der Waals surface area contributed by atoms with Crippen LogP contribution in [0.4, 0.5) is 4.79 Å². The molecule has 1 unspecified atom stereocenters. The normalized spacial score (nSPS) is 17.2. The molecule has 2 rings (SSSR count). The van der Waals surface area contributed by atoms with Crippen molar-refractivity contribution in [2.24, 2.45) is 0 Å². The molecule has 5 heteroatoms. The average molecular weight is 348 g/mol. The van der Waals surface area contributed by atoms with Crippen LogP contribution in [-0.4, -0.2) is 36.3 Å². The monoisotopic (exact) mass is 348 g/mol. The van der Waals surface area contributed by atoms with Gasteiger partial charge in [-0.25, -0.2) is 4.79 Å². The van der Waals surface area contributed by atoms with Crippen LogP contribution in [-0.2, 0) is 17.7 Å². The summed E-state index contributed by atoms with van der Waals surface area (Å²) in [6, 6.07) is 4.31. The molecular formula is C20H32N2O3. The number of rotatable bonds is 5. The molecular weight excluding hydrogens is 316 g/mol. The van der Waals surface area contributed by atoms with Gasteiger partial charge in [0.1, 0.15) is 11.4 Å². The van der Waals surface area contributed by atoms with E-state index < -0.39 is 5.60 Å². The Morgan fingerprint density at radius 3 is 2.64 bits per heavy atom. The number of nitrogens with zero attached hydrogens (tertiary/aromatic N) is 1. The first-order valence-electron chi connectivity index (χ1n) is 9.25. The third-order valence-corrected chi connectivity index (χ3v) is 4.36. The summed E-state index contributed by atoms with van der Waals surface area (Å²) in [5.41, 5.74) is 3.15. The van der Waals surface area contributed by atoms with Gasteiger partial charge in [0.25, 0.3) is 0 Å². The Morgan fingerprint density at radius 1 is 1.32 bits per heavy atom. The van der Waals surface area contributed by atoms with Gasteiger partial charge < -0.3 is 19.7 Å². The predicted molar refractivity (Wildman–Crippen MR) is 100 cm³/mol. The predicted octanol–water partition coefficient (Wildman–Crippen LogP) is 4.05. The molecule has 1 aromatic carbocycles. The smallest absolute Gasteiger partial charge is 0.410 e. The van der Waals surface area contributed by atoms with E-state index in [1.165, 1.54) is 11.1 Å². The van der Waals surface area contributed by atoms with Crippen molar-refractivity contribution in [1.29, 1.82) is 0 Å². The summed E-state index contributed by atoms with van der Waals surface area (Å²) in [6.07, 6.45) is 0.588. The van der Waals surface area contributed by atoms with E-state index in [-0.39, 0.29) is 12.1 Å². The highest BCUT2D eigenvalue weighted by Crippen LogP contribution is 2.35. The van der Waals surface area contributed by atoms with Gasteiger partial charge in [-0.3, -0.25) is 0 Å². The SMILES string of the molecule is CCNCc1cc2c(cc1OCC)C(C)N(C(=O)OC(C)(C)C)CC2. The van der Waals surface area contributed by atoms with E-state index in [4.69, 9.17) is 9.47 Å². The highest BCUT2D eigenvalue weighted by atomic mass is 16.6. The van der Waals surface area contributed by atoms with E-state index in [9.17, 15) is 4.79 Å². The van der Waals surface area contributed by atoms with Crippen LogP contribution in [0.5, 0.6) is 5.75 Å². The van der Waals surface area contributed by atoms with Crippen LogP contribution >= 0.6 is 0 Å². The topological polar surface area (TPSA) is 50.8 Å². The third kappa shape index (κ3) is 4.88. The molecule has 0 aromatic heterocycles. The fourth-order valence-electron chi connectivity index (χ4n) is 3.16. The van der Waals surface area contributed by atoms with Crippen LogP contribution in [0, 0.1) is 0 Å². The number of carbonyl (C=O) groups excluding carboxylic acids is 1. The Kier molecular flexibility index (Phi) is 6.33. The zero-order chi connectivity index (χ0) is 18.6. The molecule has 0 spiro atoms. The summed E-state index contributed by atoms with van der Waals surface area (Å²) in [5, 5.41) is 3.37. The molecule has 1 aliphatic heterocycles.